The van der Waals surface area contributed by atoms with Crippen LogP contribution in [0.4, 0.5) is 0 Å². The van der Waals surface area contributed by atoms with E-state index in [1.54, 1.807) is 19.0 Å². The second-order valence-electron chi connectivity index (χ2n) is 5.26. The van der Waals surface area contributed by atoms with Crippen LogP contribution in [-0.2, 0) is 9.59 Å². The molecule has 1 N–H and O–H groups in total. The summed E-state index contributed by atoms with van der Waals surface area (Å²) >= 11 is 0. The van der Waals surface area contributed by atoms with Crippen LogP contribution in [0.2, 0.25) is 0 Å². The van der Waals surface area contributed by atoms with E-state index in [0.717, 1.165) is 45.6 Å². The number of amides is 1. The molecule has 0 aliphatic carbocycles. The van der Waals surface area contributed by atoms with Gasteiger partial charge in [-0.25, -0.2) is 0 Å². The number of hydrogen-bond acceptors (Lipinski definition) is 4. The first-order valence-corrected chi connectivity index (χ1v) is 6.85. The van der Waals surface area contributed by atoms with E-state index in [2.05, 4.69) is 4.90 Å². The van der Waals surface area contributed by atoms with Crippen LogP contribution in [0.1, 0.15) is 19.3 Å². The van der Waals surface area contributed by atoms with Crippen molar-refractivity contribution in [2.24, 2.45) is 0 Å². The largest absolute Gasteiger partial charge is 0.480 e. The van der Waals surface area contributed by atoms with Crippen molar-refractivity contribution in [3.63, 3.8) is 0 Å². The molecule has 1 aliphatic heterocycles. The lowest BCUT2D eigenvalue weighted by Crippen LogP contribution is -2.34. The van der Waals surface area contributed by atoms with Gasteiger partial charge in [0.05, 0.1) is 6.54 Å². The van der Waals surface area contributed by atoms with E-state index in [-0.39, 0.29) is 12.5 Å². The Bertz CT molecular complexity index is 308. The molecule has 0 aromatic rings. The lowest BCUT2D eigenvalue weighted by atomic mass is 10.2. The maximum atomic E-state index is 11.5. The molecule has 1 aliphatic rings. The minimum Gasteiger partial charge on any atom is -0.480 e. The Morgan fingerprint density at radius 3 is 2.37 bits per heavy atom. The summed E-state index contributed by atoms with van der Waals surface area (Å²) in [7, 11) is 3.55. The van der Waals surface area contributed by atoms with Crippen LogP contribution in [0.25, 0.3) is 0 Å². The van der Waals surface area contributed by atoms with Crippen molar-refractivity contribution in [2.45, 2.75) is 19.3 Å². The van der Waals surface area contributed by atoms with Gasteiger partial charge < -0.3 is 14.9 Å². The van der Waals surface area contributed by atoms with Crippen molar-refractivity contribution in [1.82, 2.24) is 14.7 Å². The first-order chi connectivity index (χ1) is 8.99. The molecule has 1 heterocycles. The van der Waals surface area contributed by atoms with E-state index < -0.39 is 5.97 Å². The fraction of sp³-hybridized carbons (Fsp3) is 0.846. The van der Waals surface area contributed by atoms with E-state index >= 15 is 0 Å². The lowest BCUT2D eigenvalue weighted by Gasteiger charge is -2.21. The number of carbonyl (C=O) groups is 2. The first-order valence-electron chi connectivity index (χ1n) is 6.85. The summed E-state index contributed by atoms with van der Waals surface area (Å²) in [5.74, 6) is -0.590. The molecule has 0 bridgehead atoms. The Hall–Kier alpha value is -1.14. The molecule has 19 heavy (non-hydrogen) atoms. The molecule has 1 saturated heterocycles. The normalized spacial score (nSPS) is 18.0. The molecule has 0 aromatic carbocycles. The summed E-state index contributed by atoms with van der Waals surface area (Å²) in [6, 6.07) is 0. The molecular weight excluding hydrogens is 246 g/mol. The Balaban J connectivity index is 2.22. The van der Waals surface area contributed by atoms with Crippen molar-refractivity contribution in [3.8, 4) is 0 Å². The molecule has 0 aromatic heterocycles. The van der Waals surface area contributed by atoms with Crippen molar-refractivity contribution < 1.29 is 14.7 Å². The third-order valence-corrected chi connectivity index (χ3v) is 3.40. The van der Waals surface area contributed by atoms with E-state index in [1.165, 1.54) is 0 Å². The average molecular weight is 271 g/mol. The number of aliphatic carboxylic acids is 1. The second kappa shape index (κ2) is 8.12. The van der Waals surface area contributed by atoms with Crippen LogP contribution in [0.5, 0.6) is 0 Å². The number of carbonyl (C=O) groups excluding carboxylic acids is 1. The van der Waals surface area contributed by atoms with Crippen molar-refractivity contribution in [3.05, 3.63) is 0 Å². The third-order valence-electron chi connectivity index (χ3n) is 3.40. The third kappa shape index (κ3) is 6.54. The molecule has 0 radical (unpaired) electrons. The minimum atomic E-state index is -0.759. The van der Waals surface area contributed by atoms with E-state index in [4.69, 9.17) is 5.11 Å². The minimum absolute atomic E-state index is 0.132. The topological polar surface area (TPSA) is 64.1 Å². The summed E-state index contributed by atoms with van der Waals surface area (Å²) < 4.78 is 0. The van der Waals surface area contributed by atoms with Crippen LogP contribution < -0.4 is 0 Å². The summed E-state index contributed by atoms with van der Waals surface area (Å²) in [6.45, 7) is 4.58. The van der Waals surface area contributed by atoms with Crippen molar-refractivity contribution in [2.75, 3.05) is 53.4 Å². The van der Waals surface area contributed by atoms with E-state index in [1.807, 2.05) is 4.90 Å². The second-order valence-corrected chi connectivity index (χ2v) is 5.26. The number of carboxylic acids is 1. The summed E-state index contributed by atoms with van der Waals surface area (Å²) in [6.07, 6.45) is 2.45. The predicted molar refractivity (Wildman–Crippen MR) is 73.1 cm³/mol. The summed E-state index contributed by atoms with van der Waals surface area (Å²) in [5, 5.41) is 8.78. The summed E-state index contributed by atoms with van der Waals surface area (Å²) in [5.41, 5.74) is 0. The van der Waals surface area contributed by atoms with Gasteiger partial charge in [-0.15, -0.1) is 0 Å². The monoisotopic (exact) mass is 271 g/mol. The molecule has 1 fully saturated rings. The van der Waals surface area contributed by atoms with E-state index in [0.29, 0.717) is 6.42 Å². The van der Waals surface area contributed by atoms with Gasteiger partial charge in [0, 0.05) is 40.2 Å². The van der Waals surface area contributed by atoms with Crippen LogP contribution in [0.15, 0.2) is 0 Å². The molecule has 110 valence electrons. The van der Waals surface area contributed by atoms with Gasteiger partial charge >= 0.3 is 5.97 Å². The number of hydrogen-bond donors (Lipinski definition) is 1. The van der Waals surface area contributed by atoms with Crippen LogP contribution in [0, 0.1) is 0 Å². The predicted octanol–water partition coefficient (Wildman–Crippen LogP) is -0.0529. The SMILES string of the molecule is CN(C)C(=O)CCCN1CCCN(CC(=O)O)CC1. The highest BCUT2D eigenvalue weighted by molar-refractivity contribution is 5.75. The molecule has 1 amide bonds. The van der Waals surface area contributed by atoms with Crippen LogP contribution in [-0.4, -0.2) is 85.0 Å². The first kappa shape index (κ1) is 15.9. The van der Waals surface area contributed by atoms with Gasteiger partial charge in [-0.05, 0) is 25.9 Å². The lowest BCUT2D eigenvalue weighted by molar-refractivity contribution is -0.138. The molecule has 0 spiro atoms. The quantitative estimate of drug-likeness (QED) is 0.733. The maximum absolute atomic E-state index is 11.5. The molecule has 0 saturated carbocycles. The van der Waals surface area contributed by atoms with Crippen molar-refractivity contribution >= 4 is 11.9 Å². The smallest absolute Gasteiger partial charge is 0.317 e. The van der Waals surface area contributed by atoms with Gasteiger partial charge in [-0.1, -0.05) is 0 Å². The highest BCUT2D eigenvalue weighted by Crippen LogP contribution is 2.05. The zero-order valence-electron chi connectivity index (χ0n) is 12.0. The molecule has 6 heteroatoms. The molecule has 1 rings (SSSR count). The maximum Gasteiger partial charge on any atom is 0.317 e. The highest BCUT2D eigenvalue weighted by Gasteiger charge is 2.16. The molecule has 0 unspecified atom stereocenters. The van der Waals surface area contributed by atoms with Crippen molar-refractivity contribution in [1.29, 1.82) is 0 Å². The standard InChI is InChI=1S/C13H25N3O3/c1-14(2)12(17)5-3-6-15-7-4-8-16(10-9-15)11-13(18)19/h3-11H2,1-2H3,(H,18,19). The van der Waals surface area contributed by atoms with Gasteiger partial charge in [0.1, 0.15) is 0 Å². The van der Waals surface area contributed by atoms with E-state index in [9.17, 15) is 9.59 Å². The number of rotatable bonds is 6. The zero-order valence-corrected chi connectivity index (χ0v) is 12.0. The summed E-state index contributed by atoms with van der Waals surface area (Å²) in [4.78, 5) is 28.1. The molecule has 0 atom stereocenters. The van der Waals surface area contributed by atoms with Gasteiger partial charge in [0.2, 0.25) is 5.91 Å². The Morgan fingerprint density at radius 2 is 1.74 bits per heavy atom. The number of carboxylic acid groups (broad SMARTS) is 1. The molecule has 6 nitrogen and oxygen atoms in total. The number of nitrogens with zero attached hydrogens (tertiary/aromatic N) is 3. The Labute approximate surface area is 115 Å². The molecular formula is C13H25N3O3. The van der Waals surface area contributed by atoms with Gasteiger partial charge in [0.25, 0.3) is 0 Å². The fourth-order valence-electron chi connectivity index (χ4n) is 2.27. The zero-order chi connectivity index (χ0) is 14.3. The van der Waals surface area contributed by atoms with Gasteiger partial charge in [0.15, 0.2) is 0 Å². The van der Waals surface area contributed by atoms with Crippen LogP contribution >= 0.6 is 0 Å². The fourth-order valence-corrected chi connectivity index (χ4v) is 2.27. The average Bonchev–Trinajstić information content (AvgIpc) is 2.54. The van der Waals surface area contributed by atoms with Gasteiger partial charge in [-0.3, -0.25) is 14.5 Å². The highest BCUT2D eigenvalue weighted by atomic mass is 16.4. The van der Waals surface area contributed by atoms with Crippen LogP contribution in [0.3, 0.4) is 0 Å². The Kier molecular flexibility index (Phi) is 6.80. The Morgan fingerprint density at radius 1 is 1.11 bits per heavy atom. The van der Waals surface area contributed by atoms with Gasteiger partial charge in [-0.2, -0.15) is 0 Å².